The number of aliphatic hydroxyl groups is 2. The summed E-state index contributed by atoms with van der Waals surface area (Å²) in [6.45, 7) is -0.327. The van der Waals surface area contributed by atoms with E-state index in [-0.39, 0.29) is 12.1 Å². The summed E-state index contributed by atoms with van der Waals surface area (Å²) in [7, 11) is 0. The third-order valence-corrected chi connectivity index (χ3v) is 1.80. The van der Waals surface area contributed by atoms with Crippen LogP contribution >= 0.6 is 0 Å². The van der Waals surface area contributed by atoms with Gasteiger partial charge in [0.05, 0.1) is 12.6 Å². The highest BCUT2D eigenvalue weighted by molar-refractivity contribution is 5.15. The Morgan fingerprint density at radius 1 is 1.60 bits per heavy atom. The van der Waals surface area contributed by atoms with Crippen LogP contribution in [0.4, 0.5) is 4.39 Å². The van der Waals surface area contributed by atoms with Crippen LogP contribution in [-0.2, 0) is 0 Å². The average molecular weight is 212 g/mol. The zero-order valence-electron chi connectivity index (χ0n) is 7.66. The summed E-state index contributed by atoms with van der Waals surface area (Å²) in [5, 5.41) is 21.9. The highest BCUT2D eigenvalue weighted by Gasteiger charge is 2.21. The van der Waals surface area contributed by atoms with Crippen LogP contribution in [0.15, 0.2) is 23.4 Å². The van der Waals surface area contributed by atoms with Crippen LogP contribution in [0.2, 0.25) is 0 Å². The fraction of sp³-hybridized carbons (Fsp3) is 0.375. The SMILES string of the molecule is [N-]=[N+]=NCC(O)C(O)c1cccnc1F. The van der Waals surface area contributed by atoms with Gasteiger partial charge >= 0.3 is 0 Å². The molecule has 0 aliphatic rings. The summed E-state index contributed by atoms with van der Waals surface area (Å²) < 4.78 is 13.0. The average Bonchev–Trinajstić information content (AvgIpc) is 2.25. The Labute approximate surface area is 84.6 Å². The molecule has 0 saturated heterocycles. The van der Waals surface area contributed by atoms with Crippen molar-refractivity contribution in [3.63, 3.8) is 0 Å². The van der Waals surface area contributed by atoms with E-state index in [4.69, 9.17) is 5.53 Å². The van der Waals surface area contributed by atoms with Gasteiger partial charge in [0.15, 0.2) is 0 Å². The van der Waals surface area contributed by atoms with Crippen LogP contribution in [0, 0.1) is 5.95 Å². The molecule has 0 fully saturated rings. The maximum atomic E-state index is 13.0. The van der Waals surface area contributed by atoms with E-state index in [2.05, 4.69) is 15.0 Å². The summed E-state index contributed by atoms with van der Waals surface area (Å²) in [6, 6.07) is 2.73. The molecule has 2 atom stereocenters. The third-order valence-electron chi connectivity index (χ3n) is 1.80. The summed E-state index contributed by atoms with van der Waals surface area (Å²) in [5.74, 6) is -0.856. The van der Waals surface area contributed by atoms with Crippen molar-refractivity contribution in [2.75, 3.05) is 6.54 Å². The number of pyridine rings is 1. The lowest BCUT2D eigenvalue weighted by atomic mass is 10.1. The Morgan fingerprint density at radius 3 is 2.93 bits per heavy atom. The van der Waals surface area contributed by atoms with E-state index in [1.54, 1.807) is 0 Å². The van der Waals surface area contributed by atoms with E-state index in [1.807, 2.05) is 0 Å². The Balaban J connectivity index is 2.79. The van der Waals surface area contributed by atoms with Crippen LogP contribution in [0.3, 0.4) is 0 Å². The molecule has 1 aromatic rings. The van der Waals surface area contributed by atoms with Gasteiger partial charge < -0.3 is 10.2 Å². The monoisotopic (exact) mass is 212 g/mol. The van der Waals surface area contributed by atoms with Gasteiger partial charge in [0.25, 0.3) is 0 Å². The zero-order chi connectivity index (χ0) is 11.3. The first-order chi connectivity index (χ1) is 7.16. The molecule has 6 nitrogen and oxygen atoms in total. The standard InChI is InChI=1S/C8H9FN4O2/c9-8-5(2-1-3-11-8)7(15)6(14)4-12-13-10/h1-3,6-7,14-15H,4H2. The summed E-state index contributed by atoms with van der Waals surface area (Å²) in [6.07, 6.45) is -1.57. The molecule has 0 amide bonds. The molecule has 0 aliphatic heterocycles. The maximum absolute atomic E-state index is 13.0. The van der Waals surface area contributed by atoms with Gasteiger partial charge in [0, 0.05) is 16.7 Å². The van der Waals surface area contributed by atoms with E-state index in [9.17, 15) is 14.6 Å². The predicted molar refractivity (Wildman–Crippen MR) is 49.2 cm³/mol. The molecule has 0 bridgehead atoms. The molecule has 2 N–H and O–H groups in total. The first-order valence-electron chi connectivity index (χ1n) is 4.14. The lowest BCUT2D eigenvalue weighted by Gasteiger charge is -2.15. The van der Waals surface area contributed by atoms with Crippen LogP contribution in [0.1, 0.15) is 11.7 Å². The molecule has 1 heterocycles. The van der Waals surface area contributed by atoms with Crippen LogP contribution in [-0.4, -0.2) is 27.8 Å². The maximum Gasteiger partial charge on any atom is 0.218 e. The number of aromatic nitrogens is 1. The zero-order valence-corrected chi connectivity index (χ0v) is 7.66. The highest BCUT2D eigenvalue weighted by Crippen LogP contribution is 2.18. The smallest absolute Gasteiger partial charge is 0.218 e. The van der Waals surface area contributed by atoms with E-state index in [1.165, 1.54) is 18.3 Å². The molecule has 1 rings (SSSR count). The second-order valence-corrected chi connectivity index (χ2v) is 2.81. The minimum Gasteiger partial charge on any atom is -0.390 e. The van der Waals surface area contributed by atoms with Gasteiger partial charge in [-0.1, -0.05) is 11.2 Å². The number of azide groups is 1. The van der Waals surface area contributed by atoms with Crippen LogP contribution < -0.4 is 0 Å². The molecular formula is C8H9FN4O2. The van der Waals surface area contributed by atoms with E-state index in [0.29, 0.717) is 0 Å². The number of hydrogen-bond donors (Lipinski definition) is 2. The minimum absolute atomic E-state index is 0.127. The van der Waals surface area contributed by atoms with Crippen molar-refractivity contribution in [3.05, 3.63) is 40.3 Å². The molecule has 0 saturated carbocycles. The molecular weight excluding hydrogens is 203 g/mol. The quantitative estimate of drug-likeness (QED) is 0.335. The highest BCUT2D eigenvalue weighted by atomic mass is 19.1. The fourth-order valence-electron chi connectivity index (χ4n) is 1.05. The molecule has 80 valence electrons. The van der Waals surface area contributed by atoms with Crippen molar-refractivity contribution in [2.24, 2.45) is 5.11 Å². The van der Waals surface area contributed by atoms with Crippen LogP contribution in [0.5, 0.6) is 0 Å². The van der Waals surface area contributed by atoms with Crippen molar-refractivity contribution in [2.45, 2.75) is 12.2 Å². The Kier molecular flexibility index (Phi) is 3.99. The van der Waals surface area contributed by atoms with Crippen molar-refractivity contribution >= 4 is 0 Å². The van der Waals surface area contributed by atoms with Gasteiger partial charge in [-0.05, 0) is 11.6 Å². The second-order valence-electron chi connectivity index (χ2n) is 2.81. The lowest BCUT2D eigenvalue weighted by molar-refractivity contribution is 0.0218. The topological polar surface area (TPSA) is 102 Å². The number of nitrogens with zero attached hydrogens (tertiary/aromatic N) is 4. The summed E-state index contributed by atoms with van der Waals surface area (Å²) in [5.41, 5.74) is 7.87. The minimum atomic E-state index is -1.45. The van der Waals surface area contributed by atoms with Gasteiger partial charge in [-0.25, -0.2) is 4.98 Å². The molecule has 0 aromatic carbocycles. The van der Waals surface area contributed by atoms with Crippen molar-refractivity contribution in [1.82, 2.24) is 4.98 Å². The van der Waals surface area contributed by atoms with E-state index in [0.717, 1.165) is 0 Å². The number of hydrogen-bond acceptors (Lipinski definition) is 4. The van der Waals surface area contributed by atoms with Crippen LogP contribution in [0.25, 0.3) is 10.4 Å². The molecule has 1 aromatic heterocycles. The Hall–Kier alpha value is -1.69. The number of rotatable bonds is 4. The van der Waals surface area contributed by atoms with Gasteiger partial charge in [-0.15, -0.1) is 0 Å². The molecule has 2 unspecified atom stereocenters. The Morgan fingerprint density at radius 2 is 2.33 bits per heavy atom. The van der Waals surface area contributed by atoms with Gasteiger partial charge in [0.2, 0.25) is 5.95 Å². The molecule has 15 heavy (non-hydrogen) atoms. The fourth-order valence-corrected chi connectivity index (χ4v) is 1.05. The van der Waals surface area contributed by atoms with Gasteiger partial charge in [-0.3, -0.25) is 0 Å². The van der Waals surface area contributed by atoms with Crippen molar-refractivity contribution in [1.29, 1.82) is 0 Å². The Bertz CT molecular complexity index is 381. The number of halogens is 1. The van der Waals surface area contributed by atoms with E-state index >= 15 is 0 Å². The first kappa shape index (κ1) is 11.4. The second kappa shape index (κ2) is 5.26. The summed E-state index contributed by atoms with van der Waals surface area (Å²) in [4.78, 5) is 5.74. The molecule has 0 aliphatic carbocycles. The molecule has 0 spiro atoms. The third kappa shape index (κ3) is 2.88. The normalized spacial score (nSPS) is 14.1. The van der Waals surface area contributed by atoms with Gasteiger partial charge in [0.1, 0.15) is 6.10 Å². The van der Waals surface area contributed by atoms with Crippen molar-refractivity contribution < 1.29 is 14.6 Å². The largest absolute Gasteiger partial charge is 0.390 e. The van der Waals surface area contributed by atoms with E-state index < -0.39 is 18.2 Å². The lowest BCUT2D eigenvalue weighted by Crippen LogP contribution is -2.22. The van der Waals surface area contributed by atoms with Crippen molar-refractivity contribution in [3.8, 4) is 0 Å². The molecule has 0 radical (unpaired) electrons. The molecule has 7 heteroatoms. The summed E-state index contributed by atoms with van der Waals surface area (Å²) >= 11 is 0. The predicted octanol–water partition coefficient (Wildman–Crippen LogP) is 0.925. The van der Waals surface area contributed by atoms with Gasteiger partial charge in [-0.2, -0.15) is 4.39 Å². The first-order valence-corrected chi connectivity index (χ1v) is 4.14. The number of aliphatic hydroxyl groups excluding tert-OH is 2.